The largest absolute Gasteiger partial charge is 0.412 e. The normalized spacial score (nSPS) is 19.2. The van der Waals surface area contributed by atoms with E-state index in [0.717, 1.165) is 18.2 Å². The van der Waals surface area contributed by atoms with Crippen molar-refractivity contribution >= 4 is 23.6 Å². The number of nitrogens with one attached hydrogen (secondary N) is 2. The zero-order valence-corrected chi connectivity index (χ0v) is 16.9. The molecule has 2 aromatic rings. The smallest absolute Gasteiger partial charge is 0.337 e. The molecule has 0 bridgehead atoms. The summed E-state index contributed by atoms with van der Waals surface area (Å²) in [7, 11) is 0. The lowest BCUT2D eigenvalue weighted by Crippen LogP contribution is -2.52. The minimum absolute atomic E-state index is 0.0336. The van der Waals surface area contributed by atoms with Crippen LogP contribution in [0.15, 0.2) is 42.5 Å². The number of alkyl halides is 3. The molecule has 2 aliphatic heterocycles. The van der Waals surface area contributed by atoms with Crippen molar-refractivity contribution in [3.05, 3.63) is 70.5 Å². The van der Waals surface area contributed by atoms with E-state index in [1.54, 1.807) is 0 Å². The molecule has 0 aliphatic carbocycles. The molecule has 11 heteroatoms. The molecule has 0 radical (unpaired) electrons. The number of halogens is 4. The predicted molar refractivity (Wildman–Crippen MR) is 105 cm³/mol. The Bertz CT molecular complexity index is 1160. The van der Waals surface area contributed by atoms with E-state index in [9.17, 15) is 36.7 Å². The van der Waals surface area contributed by atoms with Crippen LogP contribution in [0.1, 0.15) is 50.7 Å². The van der Waals surface area contributed by atoms with Gasteiger partial charge in [-0.1, -0.05) is 12.1 Å². The molecule has 1 unspecified atom stereocenters. The number of amides is 4. The summed E-state index contributed by atoms with van der Waals surface area (Å²) in [5, 5.41) is 4.04. The van der Waals surface area contributed by atoms with Gasteiger partial charge in [-0.2, -0.15) is 13.2 Å². The third-order valence-electron chi connectivity index (χ3n) is 5.57. The van der Waals surface area contributed by atoms with Gasteiger partial charge in [-0.3, -0.25) is 24.5 Å². The van der Waals surface area contributed by atoms with Gasteiger partial charge in [0.1, 0.15) is 11.9 Å². The van der Waals surface area contributed by atoms with E-state index < -0.39 is 53.3 Å². The molecule has 7 nitrogen and oxygen atoms in total. The highest BCUT2D eigenvalue weighted by molar-refractivity contribution is 6.06. The Labute approximate surface area is 184 Å². The minimum atomic E-state index is -4.88. The number of piperidine rings is 1. The summed E-state index contributed by atoms with van der Waals surface area (Å²) in [6.45, 7) is -0.0336. The fourth-order valence-corrected chi connectivity index (χ4v) is 3.97. The Hall–Kier alpha value is -3.76. The highest BCUT2D eigenvalue weighted by Crippen LogP contribution is 2.34. The third-order valence-corrected chi connectivity index (χ3v) is 5.57. The number of nitrogens with zero attached hydrogens (tertiary/aromatic N) is 1. The van der Waals surface area contributed by atoms with Crippen molar-refractivity contribution in [2.75, 3.05) is 0 Å². The molecule has 0 saturated carbocycles. The molecule has 2 aromatic carbocycles. The average molecular weight is 463 g/mol. The van der Waals surface area contributed by atoms with Crippen LogP contribution in [0.3, 0.4) is 0 Å². The maximum atomic E-state index is 13.6. The molecule has 2 N–H and O–H groups in total. The summed E-state index contributed by atoms with van der Waals surface area (Å²) in [5.74, 6) is -3.44. The fourth-order valence-electron chi connectivity index (χ4n) is 3.97. The van der Waals surface area contributed by atoms with Gasteiger partial charge in [0.25, 0.3) is 11.8 Å². The summed E-state index contributed by atoms with van der Waals surface area (Å²) < 4.78 is 54.1. The minimum Gasteiger partial charge on any atom is -0.337 e. The number of benzene rings is 2. The molecule has 1 fully saturated rings. The maximum absolute atomic E-state index is 13.6. The lowest BCUT2D eigenvalue weighted by molar-refractivity contribution is -0.155. The molecule has 1 saturated heterocycles. The molecule has 0 spiro atoms. The molecular weight excluding hydrogens is 446 g/mol. The number of rotatable bonds is 4. The number of carbonyl (C=O) groups excluding carboxylic acids is 4. The van der Waals surface area contributed by atoms with Crippen LogP contribution < -0.4 is 10.6 Å². The monoisotopic (exact) mass is 463 g/mol. The van der Waals surface area contributed by atoms with Gasteiger partial charge in [-0.05, 0) is 47.9 Å². The van der Waals surface area contributed by atoms with Gasteiger partial charge in [0, 0.05) is 24.1 Å². The number of carbonyl (C=O) groups is 4. The van der Waals surface area contributed by atoms with Crippen molar-refractivity contribution in [3.8, 4) is 0 Å². The summed E-state index contributed by atoms with van der Waals surface area (Å²) >= 11 is 0. The van der Waals surface area contributed by atoms with E-state index in [0.29, 0.717) is 11.6 Å². The van der Waals surface area contributed by atoms with Crippen LogP contribution in [0.25, 0.3) is 0 Å². The lowest BCUT2D eigenvalue weighted by Gasteiger charge is -2.29. The number of hydrogen-bond acceptors (Lipinski definition) is 4. The van der Waals surface area contributed by atoms with Crippen LogP contribution in [0, 0.1) is 5.82 Å². The van der Waals surface area contributed by atoms with Crippen molar-refractivity contribution in [1.82, 2.24) is 15.5 Å². The summed E-state index contributed by atoms with van der Waals surface area (Å²) in [6.07, 6.45) is -4.65. The SMILES string of the molecule is O=C1CCC(N2Cc3cc(C(=O)N[C@H](c4cccc(F)c4)C(F)(F)F)ccc3C2=O)C(=O)N1. The van der Waals surface area contributed by atoms with Gasteiger partial charge in [0.15, 0.2) is 6.04 Å². The van der Waals surface area contributed by atoms with Crippen molar-refractivity contribution in [3.63, 3.8) is 0 Å². The standard InChI is InChI=1S/C22H17F4N3O4/c23-14-3-1-2-11(9-14)18(22(24,25)26)28-19(31)12-4-5-15-13(8-12)10-29(21(15)33)16-6-7-17(30)27-20(16)32/h1-5,8-9,16,18H,6-7,10H2,(H,28,31)(H,27,30,32)/t16?,18-/m1/s1. The molecule has 4 amide bonds. The van der Waals surface area contributed by atoms with Gasteiger partial charge in [-0.15, -0.1) is 0 Å². The van der Waals surface area contributed by atoms with E-state index in [4.69, 9.17) is 0 Å². The average Bonchev–Trinajstić information content (AvgIpc) is 3.06. The molecule has 4 rings (SSSR count). The highest BCUT2D eigenvalue weighted by atomic mass is 19.4. The van der Waals surface area contributed by atoms with Crippen molar-refractivity contribution in [1.29, 1.82) is 0 Å². The first-order valence-corrected chi connectivity index (χ1v) is 9.95. The summed E-state index contributed by atoms with van der Waals surface area (Å²) in [4.78, 5) is 50.0. The van der Waals surface area contributed by atoms with E-state index in [-0.39, 0.29) is 30.5 Å². The van der Waals surface area contributed by atoms with Crippen molar-refractivity contribution in [2.45, 2.75) is 37.6 Å². The van der Waals surface area contributed by atoms with Gasteiger partial charge < -0.3 is 10.2 Å². The lowest BCUT2D eigenvalue weighted by atomic mass is 10.0. The van der Waals surface area contributed by atoms with E-state index in [2.05, 4.69) is 5.32 Å². The van der Waals surface area contributed by atoms with E-state index in [1.165, 1.54) is 23.1 Å². The summed E-state index contributed by atoms with van der Waals surface area (Å²) in [6, 6.07) is 4.36. The number of imide groups is 1. The van der Waals surface area contributed by atoms with Crippen LogP contribution in [0.5, 0.6) is 0 Å². The Morgan fingerprint density at radius 1 is 1.12 bits per heavy atom. The molecular formula is C22H17F4N3O4. The Morgan fingerprint density at radius 2 is 1.88 bits per heavy atom. The van der Waals surface area contributed by atoms with Gasteiger partial charge in [0.2, 0.25) is 11.8 Å². The second-order valence-electron chi connectivity index (χ2n) is 7.77. The van der Waals surface area contributed by atoms with Crippen molar-refractivity contribution < 1.29 is 36.7 Å². The number of fused-ring (bicyclic) bond motifs is 1. The Kier molecular flexibility index (Phi) is 5.64. The summed E-state index contributed by atoms with van der Waals surface area (Å²) in [5.41, 5.74) is -0.00559. The van der Waals surface area contributed by atoms with Gasteiger partial charge in [-0.25, -0.2) is 4.39 Å². The molecule has 2 atom stereocenters. The Morgan fingerprint density at radius 3 is 2.55 bits per heavy atom. The third kappa shape index (κ3) is 4.43. The second kappa shape index (κ2) is 8.30. The first kappa shape index (κ1) is 22.4. The first-order valence-electron chi connectivity index (χ1n) is 9.95. The van der Waals surface area contributed by atoms with Crippen LogP contribution in [-0.4, -0.2) is 40.7 Å². The van der Waals surface area contributed by atoms with Crippen LogP contribution in [-0.2, 0) is 16.1 Å². The number of hydrogen-bond donors (Lipinski definition) is 2. The fraction of sp³-hybridized carbons (Fsp3) is 0.273. The molecule has 33 heavy (non-hydrogen) atoms. The molecule has 172 valence electrons. The van der Waals surface area contributed by atoms with E-state index >= 15 is 0 Å². The van der Waals surface area contributed by atoms with Crippen LogP contribution >= 0.6 is 0 Å². The second-order valence-corrected chi connectivity index (χ2v) is 7.77. The molecule has 2 heterocycles. The highest BCUT2D eigenvalue weighted by Gasteiger charge is 2.43. The molecule has 0 aromatic heterocycles. The topological polar surface area (TPSA) is 95.6 Å². The quantitative estimate of drug-likeness (QED) is 0.538. The predicted octanol–water partition coefficient (Wildman–Crippen LogP) is 2.62. The first-order chi connectivity index (χ1) is 15.5. The van der Waals surface area contributed by atoms with Gasteiger partial charge in [0.05, 0.1) is 0 Å². The molecule has 2 aliphatic rings. The van der Waals surface area contributed by atoms with Gasteiger partial charge >= 0.3 is 6.18 Å². The van der Waals surface area contributed by atoms with Crippen LogP contribution in [0.2, 0.25) is 0 Å². The van der Waals surface area contributed by atoms with Crippen LogP contribution in [0.4, 0.5) is 17.6 Å². The Balaban J connectivity index is 1.55. The maximum Gasteiger partial charge on any atom is 0.412 e. The van der Waals surface area contributed by atoms with E-state index in [1.807, 2.05) is 5.32 Å². The van der Waals surface area contributed by atoms with Crippen molar-refractivity contribution in [2.24, 2.45) is 0 Å². The zero-order chi connectivity index (χ0) is 23.9. The zero-order valence-electron chi connectivity index (χ0n) is 16.9.